The van der Waals surface area contributed by atoms with E-state index in [4.69, 9.17) is 0 Å². The van der Waals surface area contributed by atoms with Gasteiger partial charge in [0.05, 0.1) is 0 Å². The van der Waals surface area contributed by atoms with Gasteiger partial charge in [0.1, 0.15) is 5.82 Å². The quantitative estimate of drug-likeness (QED) is 0.842. The molecule has 1 aromatic carbocycles. The van der Waals surface area contributed by atoms with Crippen LogP contribution in [0.1, 0.15) is 49.4 Å². The molecule has 0 unspecified atom stereocenters. The van der Waals surface area contributed by atoms with Gasteiger partial charge in [0.15, 0.2) is 0 Å². The number of para-hydroxylation sites is 1. The molecule has 0 aliphatic heterocycles. The maximum atomic E-state index is 4.49. The summed E-state index contributed by atoms with van der Waals surface area (Å²) in [6.45, 7) is 2.13. The fourth-order valence-corrected chi connectivity index (χ4v) is 3.39. The number of hydrogen-bond acceptors (Lipinski definition) is 3. The highest BCUT2D eigenvalue weighted by atomic mass is 35.5. The second-order valence-corrected chi connectivity index (χ2v) is 6.10. The summed E-state index contributed by atoms with van der Waals surface area (Å²) in [5, 5.41) is 8.93. The number of aromatic nitrogens is 3. The van der Waals surface area contributed by atoms with Gasteiger partial charge in [-0.2, -0.15) is 0 Å². The van der Waals surface area contributed by atoms with Gasteiger partial charge in [-0.15, -0.1) is 22.6 Å². The molecular weight excluding hydrogens is 296 g/mol. The molecule has 1 saturated carbocycles. The normalized spacial score (nSPS) is 15.4. The standard InChI is InChI=1S/C17H24N4.ClH/c1-13-9-7-8-12-15(13)20(2)17-19-18-16(21(17)3)14-10-5-4-6-11-14;/h7-9,12,14H,4-6,10-11H2,1-3H3;1H. The number of hydrogen-bond donors (Lipinski definition) is 0. The number of nitrogens with zero attached hydrogens (tertiary/aromatic N) is 4. The molecule has 22 heavy (non-hydrogen) atoms. The maximum absolute atomic E-state index is 4.49. The van der Waals surface area contributed by atoms with Gasteiger partial charge >= 0.3 is 0 Å². The van der Waals surface area contributed by atoms with Crippen LogP contribution >= 0.6 is 12.4 Å². The van der Waals surface area contributed by atoms with E-state index in [0.717, 1.165) is 11.8 Å². The Hall–Kier alpha value is -1.55. The zero-order valence-corrected chi connectivity index (χ0v) is 14.4. The molecule has 0 N–H and O–H groups in total. The second kappa shape index (κ2) is 7.14. The van der Waals surface area contributed by atoms with Crippen LogP contribution in [-0.4, -0.2) is 21.8 Å². The third-order valence-corrected chi connectivity index (χ3v) is 4.63. The van der Waals surface area contributed by atoms with Crippen molar-refractivity contribution in [3.05, 3.63) is 35.7 Å². The van der Waals surface area contributed by atoms with Crippen molar-refractivity contribution in [2.45, 2.75) is 44.9 Å². The third kappa shape index (κ3) is 3.12. The van der Waals surface area contributed by atoms with E-state index in [0.29, 0.717) is 5.92 Å². The summed E-state index contributed by atoms with van der Waals surface area (Å²) >= 11 is 0. The predicted octanol–water partition coefficient (Wildman–Crippen LogP) is 4.36. The van der Waals surface area contributed by atoms with Crippen LogP contribution in [0.2, 0.25) is 0 Å². The molecule has 1 aliphatic rings. The van der Waals surface area contributed by atoms with E-state index < -0.39 is 0 Å². The van der Waals surface area contributed by atoms with Crippen LogP contribution in [0.5, 0.6) is 0 Å². The SMILES string of the molecule is Cc1ccccc1N(C)c1nnc(C2CCCCC2)n1C.Cl. The molecule has 0 saturated heterocycles. The summed E-state index contributed by atoms with van der Waals surface area (Å²) in [7, 11) is 4.16. The molecule has 0 atom stereocenters. The summed E-state index contributed by atoms with van der Waals surface area (Å²) in [6.07, 6.45) is 6.51. The first-order valence-corrected chi connectivity index (χ1v) is 7.87. The molecule has 1 aromatic heterocycles. The van der Waals surface area contributed by atoms with Crippen LogP contribution in [0.3, 0.4) is 0 Å². The summed E-state index contributed by atoms with van der Waals surface area (Å²) in [5.74, 6) is 2.64. The molecule has 1 heterocycles. The Balaban J connectivity index is 0.00000176. The first-order valence-electron chi connectivity index (χ1n) is 7.87. The summed E-state index contributed by atoms with van der Waals surface area (Å²) in [5.41, 5.74) is 2.44. The average molecular weight is 321 g/mol. The van der Waals surface area contributed by atoms with Crippen LogP contribution in [0.25, 0.3) is 0 Å². The molecule has 2 aromatic rings. The lowest BCUT2D eigenvalue weighted by molar-refractivity contribution is 0.420. The minimum atomic E-state index is 0. The second-order valence-electron chi connectivity index (χ2n) is 6.10. The molecule has 0 amide bonds. The molecule has 0 spiro atoms. The van der Waals surface area contributed by atoms with Crippen molar-refractivity contribution in [3.8, 4) is 0 Å². The molecule has 120 valence electrons. The highest BCUT2D eigenvalue weighted by Crippen LogP contribution is 2.33. The largest absolute Gasteiger partial charge is 0.313 e. The molecular formula is C17H25ClN4. The molecule has 3 rings (SSSR count). The molecule has 5 heteroatoms. The van der Waals surface area contributed by atoms with Gasteiger partial charge in [-0.25, -0.2) is 0 Å². The van der Waals surface area contributed by atoms with Gasteiger partial charge < -0.3 is 4.90 Å². The van der Waals surface area contributed by atoms with Gasteiger partial charge in [-0.05, 0) is 31.4 Å². The Labute approximate surface area is 139 Å². The molecule has 1 fully saturated rings. The number of rotatable bonds is 3. The van der Waals surface area contributed by atoms with E-state index >= 15 is 0 Å². The molecule has 0 radical (unpaired) electrons. The Morgan fingerprint density at radius 1 is 1.09 bits per heavy atom. The van der Waals surface area contributed by atoms with E-state index in [2.05, 4.69) is 64.9 Å². The topological polar surface area (TPSA) is 34.0 Å². The maximum Gasteiger partial charge on any atom is 0.231 e. The predicted molar refractivity (Wildman–Crippen MR) is 93.3 cm³/mol. The van der Waals surface area contributed by atoms with Gasteiger partial charge in [-0.1, -0.05) is 37.5 Å². The lowest BCUT2D eigenvalue weighted by Gasteiger charge is -2.23. The van der Waals surface area contributed by atoms with Crippen LogP contribution in [0.15, 0.2) is 24.3 Å². The lowest BCUT2D eigenvalue weighted by Crippen LogP contribution is -2.17. The van der Waals surface area contributed by atoms with Crippen molar-refractivity contribution in [3.63, 3.8) is 0 Å². The zero-order valence-electron chi connectivity index (χ0n) is 13.6. The van der Waals surface area contributed by atoms with Crippen LogP contribution in [0.4, 0.5) is 11.6 Å². The average Bonchev–Trinajstić information content (AvgIpc) is 2.90. The first-order chi connectivity index (χ1) is 10.2. The Bertz CT molecular complexity index is 617. The fraction of sp³-hybridized carbons (Fsp3) is 0.529. The number of benzene rings is 1. The fourth-order valence-electron chi connectivity index (χ4n) is 3.39. The monoisotopic (exact) mass is 320 g/mol. The van der Waals surface area contributed by atoms with Gasteiger partial charge in [0, 0.05) is 25.7 Å². The Kier molecular flexibility index (Phi) is 5.46. The smallest absolute Gasteiger partial charge is 0.231 e. The van der Waals surface area contributed by atoms with Gasteiger partial charge in [0.2, 0.25) is 5.95 Å². The van der Waals surface area contributed by atoms with Crippen LogP contribution < -0.4 is 4.90 Å². The molecule has 4 nitrogen and oxygen atoms in total. The minimum absolute atomic E-state index is 0. The number of halogens is 1. The van der Waals surface area contributed by atoms with Crippen LogP contribution in [-0.2, 0) is 7.05 Å². The molecule has 1 aliphatic carbocycles. The van der Waals surface area contributed by atoms with Gasteiger partial charge in [-0.3, -0.25) is 4.57 Å². The van der Waals surface area contributed by atoms with E-state index in [1.165, 1.54) is 43.4 Å². The first kappa shape index (κ1) is 16.8. The van der Waals surface area contributed by atoms with Crippen molar-refractivity contribution in [2.75, 3.05) is 11.9 Å². The summed E-state index contributed by atoms with van der Waals surface area (Å²) in [6, 6.07) is 8.39. The number of aryl methyl sites for hydroxylation is 1. The van der Waals surface area contributed by atoms with E-state index in [-0.39, 0.29) is 12.4 Å². The van der Waals surface area contributed by atoms with E-state index in [1.54, 1.807) is 0 Å². The lowest BCUT2D eigenvalue weighted by atomic mass is 9.89. The summed E-state index contributed by atoms with van der Waals surface area (Å²) in [4.78, 5) is 2.13. The molecule has 0 bridgehead atoms. The van der Waals surface area contributed by atoms with Crippen molar-refractivity contribution in [2.24, 2.45) is 7.05 Å². The zero-order chi connectivity index (χ0) is 14.8. The Morgan fingerprint density at radius 3 is 2.45 bits per heavy atom. The highest BCUT2D eigenvalue weighted by Gasteiger charge is 2.23. The van der Waals surface area contributed by atoms with E-state index in [1.807, 2.05) is 0 Å². The van der Waals surface area contributed by atoms with Crippen LogP contribution in [0, 0.1) is 6.92 Å². The minimum Gasteiger partial charge on any atom is -0.313 e. The van der Waals surface area contributed by atoms with Crippen molar-refractivity contribution >= 4 is 24.0 Å². The highest BCUT2D eigenvalue weighted by molar-refractivity contribution is 5.85. The summed E-state index contributed by atoms with van der Waals surface area (Å²) < 4.78 is 2.17. The van der Waals surface area contributed by atoms with E-state index in [9.17, 15) is 0 Å². The van der Waals surface area contributed by atoms with Crippen molar-refractivity contribution in [1.29, 1.82) is 0 Å². The third-order valence-electron chi connectivity index (χ3n) is 4.63. The van der Waals surface area contributed by atoms with Gasteiger partial charge in [0.25, 0.3) is 0 Å². The Morgan fingerprint density at radius 2 is 1.77 bits per heavy atom. The number of anilines is 2. The van der Waals surface area contributed by atoms with Crippen molar-refractivity contribution in [1.82, 2.24) is 14.8 Å². The van der Waals surface area contributed by atoms with Crippen molar-refractivity contribution < 1.29 is 0 Å².